The average molecular weight is 180 g/mol. The van der Waals surface area contributed by atoms with Crippen molar-refractivity contribution in [3.8, 4) is 11.3 Å². The van der Waals surface area contributed by atoms with Crippen LogP contribution in [0, 0.1) is 0 Å². The number of aromatic nitrogens is 2. The maximum Gasteiger partial charge on any atom is 0.0724 e. The van der Waals surface area contributed by atoms with Gasteiger partial charge in [-0.25, -0.2) is 0 Å². The van der Waals surface area contributed by atoms with Crippen LogP contribution in [0.1, 0.15) is 0 Å². The van der Waals surface area contributed by atoms with E-state index >= 15 is 0 Å². The summed E-state index contributed by atoms with van der Waals surface area (Å²) in [6.07, 6.45) is 3.67. The van der Waals surface area contributed by atoms with E-state index < -0.39 is 0 Å². The van der Waals surface area contributed by atoms with Crippen LogP contribution in [-0.4, -0.2) is 9.97 Å². The summed E-state index contributed by atoms with van der Waals surface area (Å²) in [7, 11) is 0. The number of hydrogen-bond acceptors (Lipinski definition) is 2. The van der Waals surface area contributed by atoms with E-state index in [1.807, 2.05) is 30.5 Å². The van der Waals surface area contributed by atoms with E-state index in [4.69, 9.17) is 0 Å². The van der Waals surface area contributed by atoms with Gasteiger partial charge in [0, 0.05) is 23.3 Å². The third kappa shape index (κ3) is 1.04. The molecular weight excluding hydrogens is 172 g/mol. The molecule has 1 aliphatic heterocycles. The molecule has 1 aromatic heterocycles. The summed E-state index contributed by atoms with van der Waals surface area (Å²) in [6, 6.07) is 12.1. The predicted octanol–water partition coefficient (Wildman–Crippen LogP) is 2.73. The normalized spacial score (nSPS) is 10.9. The Morgan fingerprint density at radius 2 is 1.93 bits per heavy atom. The molecule has 2 nitrogen and oxygen atoms in total. The minimum atomic E-state index is 0.987. The Labute approximate surface area is 81.6 Å². The Hall–Kier alpha value is -1.96. The first kappa shape index (κ1) is 7.44. The molecule has 2 heteroatoms. The number of pyridine rings is 1. The van der Waals surface area contributed by atoms with Crippen LogP contribution in [-0.2, 0) is 0 Å². The van der Waals surface area contributed by atoms with E-state index in [0.717, 1.165) is 22.2 Å². The Morgan fingerprint density at radius 1 is 0.929 bits per heavy atom. The highest BCUT2D eigenvalue weighted by Gasteiger charge is 2.01. The molecule has 0 bridgehead atoms. The van der Waals surface area contributed by atoms with Gasteiger partial charge in [-0.3, -0.25) is 9.97 Å². The lowest BCUT2D eigenvalue weighted by molar-refractivity contribution is 1.39. The molecule has 0 fully saturated rings. The van der Waals surface area contributed by atoms with Crippen LogP contribution in [0.25, 0.3) is 22.2 Å². The molecule has 0 N–H and O–H groups in total. The number of hydrogen-bond donors (Lipinski definition) is 0. The molecule has 0 spiro atoms. The SMILES string of the molecule is c1cc2cc3ncccc3cnc-2c1. The molecule has 0 saturated carbocycles. The highest BCUT2D eigenvalue weighted by molar-refractivity contribution is 5.81. The van der Waals surface area contributed by atoms with Crippen LogP contribution in [0.3, 0.4) is 0 Å². The second-order valence-corrected chi connectivity index (χ2v) is 3.25. The minimum Gasteiger partial charge on any atom is -0.256 e. The van der Waals surface area contributed by atoms with Crippen molar-refractivity contribution in [3.63, 3.8) is 0 Å². The minimum absolute atomic E-state index is 0.987. The zero-order valence-electron chi connectivity index (χ0n) is 7.51. The van der Waals surface area contributed by atoms with Crippen molar-refractivity contribution in [1.82, 2.24) is 9.97 Å². The molecule has 3 rings (SSSR count). The monoisotopic (exact) mass is 180 g/mol. The number of fused-ring (bicyclic) bond motifs is 2. The molecule has 0 atom stereocenters. The molecule has 0 saturated heterocycles. The van der Waals surface area contributed by atoms with E-state index in [1.165, 1.54) is 0 Å². The van der Waals surface area contributed by atoms with Gasteiger partial charge in [0.2, 0.25) is 0 Å². The molecular formula is C12H8N2. The smallest absolute Gasteiger partial charge is 0.0724 e. The highest BCUT2D eigenvalue weighted by Crippen LogP contribution is 2.21. The Morgan fingerprint density at radius 3 is 2.93 bits per heavy atom. The van der Waals surface area contributed by atoms with Gasteiger partial charge < -0.3 is 0 Å². The van der Waals surface area contributed by atoms with E-state index in [9.17, 15) is 0 Å². The Bertz CT molecular complexity index is 560. The van der Waals surface area contributed by atoms with Gasteiger partial charge in [0.15, 0.2) is 0 Å². The third-order valence-corrected chi connectivity index (χ3v) is 2.33. The van der Waals surface area contributed by atoms with Crippen LogP contribution in [0.5, 0.6) is 0 Å². The fourth-order valence-electron chi connectivity index (χ4n) is 1.61. The molecule has 2 aliphatic rings. The summed E-state index contributed by atoms with van der Waals surface area (Å²) in [5.74, 6) is 0. The maximum atomic E-state index is 4.39. The fraction of sp³-hybridized carbons (Fsp3) is 0. The second kappa shape index (κ2) is 2.77. The van der Waals surface area contributed by atoms with Crippen molar-refractivity contribution in [1.29, 1.82) is 0 Å². The van der Waals surface area contributed by atoms with Crippen molar-refractivity contribution >= 4 is 10.9 Å². The third-order valence-electron chi connectivity index (χ3n) is 2.33. The second-order valence-electron chi connectivity index (χ2n) is 3.25. The zero-order valence-corrected chi connectivity index (χ0v) is 7.51. The van der Waals surface area contributed by atoms with E-state index in [0.29, 0.717) is 0 Å². The van der Waals surface area contributed by atoms with Gasteiger partial charge in [-0.15, -0.1) is 0 Å². The lowest BCUT2D eigenvalue weighted by Gasteiger charge is -1.88. The van der Waals surface area contributed by atoms with Gasteiger partial charge in [-0.1, -0.05) is 12.1 Å². The van der Waals surface area contributed by atoms with Crippen LogP contribution < -0.4 is 0 Å². The van der Waals surface area contributed by atoms with Gasteiger partial charge in [-0.05, 0) is 24.3 Å². The molecule has 0 radical (unpaired) electrons. The van der Waals surface area contributed by atoms with Gasteiger partial charge in [-0.2, -0.15) is 0 Å². The molecule has 0 aromatic carbocycles. The van der Waals surface area contributed by atoms with E-state index in [-0.39, 0.29) is 0 Å². The topological polar surface area (TPSA) is 25.8 Å². The fourth-order valence-corrected chi connectivity index (χ4v) is 1.61. The standard InChI is InChI=1S/C12H8N2/c1-3-9-7-12-10(4-2-6-13-12)8-14-11(9)5-1/h1-8H. The largest absolute Gasteiger partial charge is 0.256 e. The van der Waals surface area contributed by atoms with Gasteiger partial charge in [0.05, 0.1) is 11.2 Å². The van der Waals surface area contributed by atoms with Gasteiger partial charge in [0.25, 0.3) is 0 Å². The summed E-state index contributed by atoms with van der Waals surface area (Å²) in [4.78, 5) is 8.70. The predicted molar refractivity (Wildman–Crippen MR) is 56.2 cm³/mol. The van der Waals surface area contributed by atoms with E-state index in [1.54, 1.807) is 6.20 Å². The van der Waals surface area contributed by atoms with Crippen molar-refractivity contribution < 1.29 is 0 Å². The Balaban J connectivity index is 2.48. The first-order valence-electron chi connectivity index (χ1n) is 4.53. The quantitative estimate of drug-likeness (QED) is 0.531. The first-order valence-corrected chi connectivity index (χ1v) is 4.53. The summed E-state index contributed by atoms with van der Waals surface area (Å²) < 4.78 is 0. The number of rotatable bonds is 0. The zero-order chi connectivity index (χ0) is 9.38. The molecule has 0 amide bonds. The van der Waals surface area contributed by atoms with Crippen LogP contribution in [0.4, 0.5) is 0 Å². The van der Waals surface area contributed by atoms with Crippen molar-refractivity contribution in [2.45, 2.75) is 0 Å². The van der Waals surface area contributed by atoms with Gasteiger partial charge >= 0.3 is 0 Å². The summed E-state index contributed by atoms with van der Waals surface area (Å²) >= 11 is 0. The van der Waals surface area contributed by atoms with Crippen LogP contribution >= 0.6 is 0 Å². The molecule has 2 heterocycles. The lowest BCUT2D eigenvalue weighted by atomic mass is 10.2. The lowest BCUT2D eigenvalue weighted by Crippen LogP contribution is -1.71. The number of nitrogens with zero attached hydrogens (tertiary/aromatic N) is 2. The van der Waals surface area contributed by atoms with Crippen LogP contribution in [0.2, 0.25) is 0 Å². The van der Waals surface area contributed by atoms with Crippen LogP contribution in [0.15, 0.2) is 48.8 Å². The average Bonchev–Trinajstić information content (AvgIpc) is 2.58. The highest BCUT2D eigenvalue weighted by atomic mass is 14.7. The molecule has 14 heavy (non-hydrogen) atoms. The molecule has 1 aliphatic carbocycles. The van der Waals surface area contributed by atoms with Crippen molar-refractivity contribution in [2.24, 2.45) is 0 Å². The summed E-state index contributed by atoms with van der Waals surface area (Å²) in [5, 5.41) is 1.07. The summed E-state index contributed by atoms with van der Waals surface area (Å²) in [6.45, 7) is 0. The summed E-state index contributed by atoms with van der Waals surface area (Å²) in [5.41, 5.74) is 3.14. The maximum absolute atomic E-state index is 4.39. The van der Waals surface area contributed by atoms with E-state index in [2.05, 4.69) is 22.1 Å². The molecule has 66 valence electrons. The van der Waals surface area contributed by atoms with Crippen molar-refractivity contribution in [3.05, 3.63) is 48.8 Å². The molecule has 0 unspecified atom stereocenters. The van der Waals surface area contributed by atoms with Gasteiger partial charge in [0.1, 0.15) is 0 Å². The Kier molecular flexibility index (Phi) is 1.47. The molecule has 1 aromatic rings. The van der Waals surface area contributed by atoms with Crippen molar-refractivity contribution in [2.75, 3.05) is 0 Å². The first-order chi connectivity index (χ1) is 6.93.